The molecule has 3 heterocycles. The third-order valence-electron chi connectivity index (χ3n) is 4.46. The van der Waals surface area contributed by atoms with Gasteiger partial charge in [-0.25, -0.2) is 0 Å². The Kier molecular flexibility index (Phi) is 2.41. The molecule has 2 unspecified atom stereocenters. The quantitative estimate of drug-likeness (QED) is 0.852. The van der Waals surface area contributed by atoms with Crippen LogP contribution in [0.25, 0.3) is 10.9 Å². The Balaban J connectivity index is 1.85. The van der Waals surface area contributed by atoms with E-state index in [1.165, 1.54) is 0 Å². The zero-order chi connectivity index (χ0) is 12.9. The minimum absolute atomic E-state index is 0.211. The van der Waals surface area contributed by atoms with Gasteiger partial charge in [0.2, 0.25) is 0 Å². The van der Waals surface area contributed by atoms with Crippen molar-refractivity contribution in [2.45, 2.75) is 43.5 Å². The lowest BCUT2D eigenvalue weighted by molar-refractivity contribution is -0.114. The number of benzene rings is 1. The number of hydrogen-bond donors (Lipinski definition) is 1. The van der Waals surface area contributed by atoms with Crippen LogP contribution in [0.15, 0.2) is 36.5 Å². The molecule has 2 aliphatic heterocycles. The maximum absolute atomic E-state index is 11.1. The molecule has 2 saturated heterocycles. The van der Waals surface area contributed by atoms with Crippen molar-refractivity contribution in [1.82, 2.24) is 4.98 Å². The van der Waals surface area contributed by atoms with Crippen LogP contribution in [-0.4, -0.2) is 22.3 Å². The number of pyridine rings is 1. The molecule has 1 N–H and O–H groups in total. The van der Waals surface area contributed by atoms with Gasteiger partial charge in [-0.05, 0) is 18.9 Å². The molecule has 98 valence electrons. The van der Waals surface area contributed by atoms with Crippen LogP contribution in [0.5, 0.6) is 0 Å². The number of hydrogen-bond acceptors (Lipinski definition) is 3. The summed E-state index contributed by atoms with van der Waals surface area (Å²) in [6, 6.07) is 10.0. The first-order valence-electron chi connectivity index (χ1n) is 6.97. The van der Waals surface area contributed by atoms with Crippen molar-refractivity contribution < 1.29 is 9.84 Å². The minimum atomic E-state index is -0.780. The maximum Gasteiger partial charge on any atom is 0.0966 e. The van der Waals surface area contributed by atoms with Gasteiger partial charge in [-0.2, -0.15) is 0 Å². The van der Waals surface area contributed by atoms with Gasteiger partial charge >= 0.3 is 0 Å². The van der Waals surface area contributed by atoms with Gasteiger partial charge in [0.15, 0.2) is 0 Å². The molecule has 1 aromatic heterocycles. The van der Waals surface area contributed by atoms with Crippen molar-refractivity contribution in [3.63, 3.8) is 0 Å². The van der Waals surface area contributed by atoms with E-state index in [-0.39, 0.29) is 12.2 Å². The topological polar surface area (TPSA) is 42.4 Å². The summed E-state index contributed by atoms with van der Waals surface area (Å²) in [7, 11) is 0. The molecular formula is C16H17NO2. The summed E-state index contributed by atoms with van der Waals surface area (Å²) in [5.41, 5.74) is 1.11. The van der Waals surface area contributed by atoms with Crippen LogP contribution >= 0.6 is 0 Å². The highest BCUT2D eigenvalue weighted by Gasteiger charge is 2.45. The van der Waals surface area contributed by atoms with Gasteiger partial charge in [0.05, 0.1) is 23.3 Å². The molecule has 1 aromatic carbocycles. The lowest BCUT2D eigenvalue weighted by atomic mass is 9.82. The minimum Gasteiger partial charge on any atom is -0.385 e. The first-order valence-corrected chi connectivity index (χ1v) is 6.97. The second-order valence-electron chi connectivity index (χ2n) is 5.78. The smallest absolute Gasteiger partial charge is 0.0966 e. The van der Waals surface area contributed by atoms with E-state index in [0.717, 1.165) is 29.3 Å². The number of fused-ring (bicyclic) bond motifs is 3. The highest BCUT2D eigenvalue weighted by Crippen LogP contribution is 2.45. The number of aliphatic hydroxyl groups is 1. The van der Waals surface area contributed by atoms with Gasteiger partial charge in [-0.15, -0.1) is 0 Å². The third kappa shape index (κ3) is 1.77. The summed E-state index contributed by atoms with van der Waals surface area (Å²) in [4.78, 5) is 4.47. The van der Waals surface area contributed by atoms with Gasteiger partial charge in [-0.3, -0.25) is 4.98 Å². The Morgan fingerprint density at radius 2 is 1.84 bits per heavy atom. The molecule has 2 aliphatic rings. The van der Waals surface area contributed by atoms with Gasteiger partial charge < -0.3 is 9.84 Å². The average molecular weight is 255 g/mol. The fraction of sp³-hybridized carbons (Fsp3) is 0.438. The Morgan fingerprint density at radius 3 is 2.63 bits per heavy atom. The molecule has 4 rings (SSSR count). The summed E-state index contributed by atoms with van der Waals surface area (Å²) in [6.07, 6.45) is 5.75. The monoisotopic (exact) mass is 255 g/mol. The van der Waals surface area contributed by atoms with E-state index in [2.05, 4.69) is 4.98 Å². The maximum atomic E-state index is 11.1. The summed E-state index contributed by atoms with van der Waals surface area (Å²) < 4.78 is 5.85. The third-order valence-corrected chi connectivity index (χ3v) is 4.46. The highest BCUT2D eigenvalue weighted by atomic mass is 16.5. The summed E-state index contributed by atoms with van der Waals surface area (Å²) in [5.74, 6) is 0. The molecule has 2 atom stereocenters. The molecule has 0 spiro atoms. The predicted octanol–water partition coefficient (Wildman–Crippen LogP) is 2.76. The van der Waals surface area contributed by atoms with Crippen molar-refractivity contribution in [1.29, 1.82) is 0 Å². The Morgan fingerprint density at radius 1 is 1.11 bits per heavy atom. The van der Waals surface area contributed by atoms with E-state index in [1.807, 2.05) is 30.3 Å². The molecular weight excluding hydrogens is 238 g/mol. The first kappa shape index (κ1) is 11.4. The standard InChI is InChI=1S/C16H17NO2/c18-16(9-12-6-7-13(10-16)19-12)14-5-1-3-11-4-2-8-17-15(11)14/h1-5,8,12-13,18H,6-7,9-10H2. The van der Waals surface area contributed by atoms with Crippen LogP contribution < -0.4 is 0 Å². The fourth-order valence-electron chi connectivity index (χ4n) is 3.62. The van der Waals surface area contributed by atoms with Crippen molar-refractivity contribution in [2.75, 3.05) is 0 Å². The van der Waals surface area contributed by atoms with Crippen molar-refractivity contribution in [3.05, 3.63) is 42.1 Å². The highest BCUT2D eigenvalue weighted by molar-refractivity contribution is 5.82. The van der Waals surface area contributed by atoms with Crippen LogP contribution in [0.4, 0.5) is 0 Å². The van der Waals surface area contributed by atoms with E-state index in [0.29, 0.717) is 12.8 Å². The molecule has 0 radical (unpaired) electrons. The molecule has 19 heavy (non-hydrogen) atoms. The molecule has 2 bridgehead atoms. The first-order chi connectivity index (χ1) is 9.24. The Labute approximate surface area is 112 Å². The lowest BCUT2D eigenvalue weighted by Gasteiger charge is -2.37. The number of aromatic nitrogens is 1. The van der Waals surface area contributed by atoms with E-state index in [1.54, 1.807) is 6.20 Å². The van der Waals surface area contributed by atoms with Crippen LogP contribution in [0, 0.1) is 0 Å². The second-order valence-corrected chi connectivity index (χ2v) is 5.78. The van der Waals surface area contributed by atoms with Crippen molar-refractivity contribution in [2.24, 2.45) is 0 Å². The summed E-state index contributed by atoms with van der Waals surface area (Å²) in [6.45, 7) is 0. The van der Waals surface area contributed by atoms with Gasteiger partial charge in [0.1, 0.15) is 0 Å². The molecule has 0 amide bonds. The number of para-hydroxylation sites is 1. The fourth-order valence-corrected chi connectivity index (χ4v) is 3.62. The Bertz CT molecular complexity index is 608. The number of nitrogens with zero attached hydrogens (tertiary/aromatic N) is 1. The van der Waals surface area contributed by atoms with Crippen LogP contribution in [-0.2, 0) is 10.3 Å². The number of ether oxygens (including phenoxy) is 1. The van der Waals surface area contributed by atoms with Gasteiger partial charge in [0.25, 0.3) is 0 Å². The molecule has 3 heteroatoms. The average Bonchev–Trinajstić information content (AvgIpc) is 2.78. The van der Waals surface area contributed by atoms with Crippen molar-refractivity contribution in [3.8, 4) is 0 Å². The van der Waals surface area contributed by atoms with Crippen LogP contribution in [0.1, 0.15) is 31.2 Å². The van der Waals surface area contributed by atoms with Crippen LogP contribution in [0.3, 0.4) is 0 Å². The number of rotatable bonds is 1. The summed E-state index contributed by atoms with van der Waals surface area (Å²) >= 11 is 0. The molecule has 0 saturated carbocycles. The normalized spacial score (nSPS) is 33.7. The zero-order valence-corrected chi connectivity index (χ0v) is 10.7. The molecule has 2 fully saturated rings. The zero-order valence-electron chi connectivity index (χ0n) is 10.7. The predicted molar refractivity (Wildman–Crippen MR) is 72.8 cm³/mol. The summed E-state index contributed by atoms with van der Waals surface area (Å²) in [5, 5.41) is 12.2. The van der Waals surface area contributed by atoms with E-state index in [4.69, 9.17) is 4.74 Å². The second kappa shape index (κ2) is 4.02. The van der Waals surface area contributed by atoms with Gasteiger partial charge in [0, 0.05) is 30.0 Å². The molecule has 2 aromatic rings. The van der Waals surface area contributed by atoms with Crippen molar-refractivity contribution >= 4 is 10.9 Å². The lowest BCUT2D eigenvalue weighted by Crippen LogP contribution is -2.38. The van der Waals surface area contributed by atoms with E-state index >= 15 is 0 Å². The molecule has 3 nitrogen and oxygen atoms in total. The Hall–Kier alpha value is -1.45. The van der Waals surface area contributed by atoms with E-state index in [9.17, 15) is 5.11 Å². The van der Waals surface area contributed by atoms with Gasteiger partial charge in [-0.1, -0.05) is 24.3 Å². The SMILES string of the molecule is OC1(c2cccc3cccnc23)CC2CCC(C1)O2. The largest absolute Gasteiger partial charge is 0.385 e. The van der Waals surface area contributed by atoms with E-state index < -0.39 is 5.60 Å². The van der Waals surface area contributed by atoms with Crippen LogP contribution in [0.2, 0.25) is 0 Å². The molecule has 0 aliphatic carbocycles.